The molecule has 5 nitrogen and oxygen atoms in total. The zero-order valence-corrected chi connectivity index (χ0v) is 14.7. The Hall–Kier alpha value is -2.65. The van der Waals surface area contributed by atoms with Crippen LogP contribution in [-0.4, -0.2) is 18.5 Å². The van der Waals surface area contributed by atoms with Crippen molar-refractivity contribution in [2.45, 2.75) is 32.6 Å². The van der Waals surface area contributed by atoms with E-state index in [4.69, 9.17) is 4.74 Å². The van der Waals surface area contributed by atoms with Gasteiger partial charge in [0.2, 0.25) is 0 Å². The zero-order chi connectivity index (χ0) is 17.8. The summed E-state index contributed by atoms with van der Waals surface area (Å²) < 4.78 is 5.09. The Morgan fingerprint density at radius 2 is 2.04 bits per heavy atom. The highest BCUT2D eigenvalue weighted by Gasteiger charge is 2.22. The fraction of sp³-hybridized carbons (Fsp3) is 0.316. The number of nitrogens with zero attached hydrogens (tertiary/aromatic N) is 1. The molecule has 1 aromatic heterocycles. The van der Waals surface area contributed by atoms with Gasteiger partial charge in [-0.15, -0.1) is 11.3 Å². The summed E-state index contributed by atoms with van der Waals surface area (Å²) in [7, 11) is 0. The first-order chi connectivity index (χ1) is 12.1. The topological polar surface area (TPSA) is 79.2 Å². The number of nitrogens with one attached hydrogen (secondary N) is 1. The molecule has 6 heteroatoms. The van der Waals surface area contributed by atoms with Crippen LogP contribution in [-0.2, 0) is 22.4 Å². The van der Waals surface area contributed by atoms with Crippen molar-refractivity contribution >= 4 is 28.2 Å². The highest BCUT2D eigenvalue weighted by molar-refractivity contribution is 7.16. The van der Waals surface area contributed by atoms with E-state index in [1.54, 1.807) is 12.1 Å². The van der Waals surface area contributed by atoms with Crippen molar-refractivity contribution in [1.29, 1.82) is 5.26 Å². The summed E-state index contributed by atoms with van der Waals surface area (Å²) in [6.45, 7) is 1.44. The van der Waals surface area contributed by atoms with Gasteiger partial charge in [0, 0.05) is 4.88 Å². The number of rotatable bonds is 4. The second kappa shape index (κ2) is 7.49. The molecule has 128 valence electrons. The molecule has 0 radical (unpaired) electrons. The van der Waals surface area contributed by atoms with E-state index in [9.17, 15) is 14.9 Å². The lowest BCUT2D eigenvalue weighted by Crippen LogP contribution is -2.21. The van der Waals surface area contributed by atoms with Crippen LogP contribution in [0.2, 0.25) is 0 Å². The summed E-state index contributed by atoms with van der Waals surface area (Å²) in [6.07, 6.45) is 4.01. The van der Waals surface area contributed by atoms with Crippen LogP contribution >= 0.6 is 11.3 Å². The Bertz CT molecular complexity index is 864. The lowest BCUT2D eigenvalue weighted by molar-refractivity contribution is -0.119. The Morgan fingerprint density at radius 3 is 2.80 bits per heavy atom. The fourth-order valence-corrected chi connectivity index (χ4v) is 4.20. The lowest BCUT2D eigenvalue weighted by Gasteiger charge is -2.09. The molecular formula is C19H18N2O3S. The molecule has 25 heavy (non-hydrogen) atoms. The maximum Gasteiger partial charge on any atom is 0.338 e. The van der Waals surface area contributed by atoms with Gasteiger partial charge in [-0.3, -0.25) is 4.79 Å². The third-order valence-corrected chi connectivity index (χ3v) is 5.44. The van der Waals surface area contributed by atoms with Crippen LogP contribution in [0.25, 0.3) is 0 Å². The van der Waals surface area contributed by atoms with Crippen LogP contribution < -0.4 is 5.32 Å². The van der Waals surface area contributed by atoms with Gasteiger partial charge in [-0.05, 0) is 49.8 Å². The number of thiophene rings is 1. The molecule has 1 heterocycles. The van der Waals surface area contributed by atoms with Gasteiger partial charge in [0.25, 0.3) is 5.91 Å². The number of carbonyl (C=O) groups excluding carboxylic acids is 2. The minimum Gasteiger partial charge on any atom is -0.452 e. The van der Waals surface area contributed by atoms with Gasteiger partial charge in [-0.1, -0.05) is 18.2 Å². The van der Waals surface area contributed by atoms with E-state index in [1.807, 2.05) is 19.1 Å². The number of amides is 1. The molecule has 1 aromatic carbocycles. The number of esters is 1. The van der Waals surface area contributed by atoms with E-state index < -0.39 is 11.9 Å². The van der Waals surface area contributed by atoms with E-state index >= 15 is 0 Å². The Morgan fingerprint density at radius 1 is 1.28 bits per heavy atom. The average Bonchev–Trinajstić information content (AvgIpc) is 2.97. The summed E-state index contributed by atoms with van der Waals surface area (Å²) in [5, 5.41) is 12.7. The van der Waals surface area contributed by atoms with Gasteiger partial charge in [-0.25, -0.2) is 4.79 Å². The van der Waals surface area contributed by atoms with Gasteiger partial charge in [0.1, 0.15) is 11.1 Å². The number of anilines is 1. The fourth-order valence-electron chi connectivity index (χ4n) is 2.95. The molecule has 1 amide bonds. The predicted molar refractivity (Wildman–Crippen MR) is 95.8 cm³/mol. The predicted octanol–water partition coefficient (Wildman–Crippen LogP) is 3.60. The van der Waals surface area contributed by atoms with Crippen LogP contribution in [0.1, 0.15) is 44.8 Å². The van der Waals surface area contributed by atoms with Crippen molar-refractivity contribution in [2.75, 3.05) is 11.9 Å². The first kappa shape index (κ1) is 17.2. The van der Waals surface area contributed by atoms with Gasteiger partial charge in [0.05, 0.1) is 11.1 Å². The molecule has 0 saturated carbocycles. The number of aryl methyl sites for hydroxylation is 2. The van der Waals surface area contributed by atoms with Gasteiger partial charge in [-0.2, -0.15) is 5.26 Å². The minimum atomic E-state index is -0.528. The Labute approximate surface area is 150 Å². The monoisotopic (exact) mass is 354 g/mol. The average molecular weight is 354 g/mol. The molecule has 2 aromatic rings. The largest absolute Gasteiger partial charge is 0.452 e. The summed E-state index contributed by atoms with van der Waals surface area (Å²) in [5.74, 6) is -0.962. The van der Waals surface area contributed by atoms with Crippen molar-refractivity contribution in [3.05, 3.63) is 51.4 Å². The molecule has 0 bridgehead atoms. The van der Waals surface area contributed by atoms with Gasteiger partial charge in [0.15, 0.2) is 6.61 Å². The van der Waals surface area contributed by atoms with E-state index in [1.165, 1.54) is 16.2 Å². The minimum absolute atomic E-state index is 0.374. The molecule has 0 fully saturated rings. The van der Waals surface area contributed by atoms with Crippen LogP contribution in [0.3, 0.4) is 0 Å². The first-order valence-electron chi connectivity index (χ1n) is 8.17. The molecule has 1 aliphatic carbocycles. The molecular weight excluding hydrogens is 336 g/mol. The van der Waals surface area contributed by atoms with Crippen molar-refractivity contribution in [2.24, 2.45) is 0 Å². The van der Waals surface area contributed by atoms with Gasteiger partial charge < -0.3 is 10.1 Å². The van der Waals surface area contributed by atoms with Crippen LogP contribution in [0.4, 0.5) is 5.00 Å². The number of fused-ring (bicyclic) bond motifs is 1. The Kier molecular flexibility index (Phi) is 5.15. The van der Waals surface area contributed by atoms with Crippen LogP contribution in [0.15, 0.2) is 24.3 Å². The maximum absolute atomic E-state index is 12.1. The molecule has 3 rings (SSSR count). The molecule has 0 saturated heterocycles. The smallest absolute Gasteiger partial charge is 0.338 e. The number of nitriles is 1. The summed E-state index contributed by atoms with van der Waals surface area (Å²) in [4.78, 5) is 25.4. The molecule has 1 N–H and O–H groups in total. The van der Waals surface area contributed by atoms with E-state index in [-0.39, 0.29) is 6.61 Å². The maximum atomic E-state index is 12.1. The van der Waals surface area contributed by atoms with E-state index in [0.29, 0.717) is 16.1 Å². The quantitative estimate of drug-likeness (QED) is 0.851. The number of carbonyl (C=O) groups is 2. The zero-order valence-electron chi connectivity index (χ0n) is 13.9. The standard InChI is InChI=1S/C19H18N2O3S/c1-12-6-2-3-7-13(12)19(23)24-11-17(22)21-18-15(10-20)14-8-4-5-9-16(14)25-18/h2-3,6-7H,4-5,8-9,11H2,1H3,(H,21,22). The van der Waals surface area contributed by atoms with Gasteiger partial charge >= 0.3 is 5.97 Å². The second-order valence-electron chi connectivity index (χ2n) is 5.97. The third kappa shape index (κ3) is 3.72. The molecule has 0 aliphatic heterocycles. The van der Waals surface area contributed by atoms with Crippen molar-refractivity contribution in [3.8, 4) is 6.07 Å². The Balaban J connectivity index is 1.64. The number of hydrogen-bond donors (Lipinski definition) is 1. The summed E-state index contributed by atoms with van der Waals surface area (Å²) in [5.41, 5.74) is 2.86. The number of hydrogen-bond acceptors (Lipinski definition) is 5. The van der Waals surface area contributed by atoms with Crippen molar-refractivity contribution in [1.82, 2.24) is 0 Å². The SMILES string of the molecule is Cc1ccccc1C(=O)OCC(=O)Nc1sc2c(c1C#N)CCCC2. The summed E-state index contributed by atoms with van der Waals surface area (Å²) in [6, 6.07) is 9.25. The molecule has 1 aliphatic rings. The van der Waals surface area contributed by atoms with Crippen molar-refractivity contribution in [3.63, 3.8) is 0 Å². The second-order valence-corrected chi connectivity index (χ2v) is 7.07. The van der Waals surface area contributed by atoms with E-state index in [0.717, 1.165) is 36.8 Å². The third-order valence-electron chi connectivity index (χ3n) is 4.24. The molecule has 0 spiro atoms. The van der Waals surface area contributed by atoms with Crippen molar-refractivity contribution < 1.29 is 14.3 Å². The molecule has 0 unspecified atom stereocenters. The highest BCUT2D eigenvalue weighted by Crippen LogP contribution is 2.37. The number of benzene rings is 1. The highest BCUT2D eigenvalue weighted by atomic mass is 32.1. The molecule has 0 atom stereocenters. The lowest BCUT2D eigenvalue weighted by atomic mass is 9.96. The summed E-state index contributed by atoms with van der Waals surface area (Å²) >= 11 is 1.45. The normalized spacial score (nSPS) is 12.8. The van der Waals surface area contributed by atoms with E-state index in [2.05, 4.69) is 11.4 Å². The first-order valence-corrected chi connectivity index (χ1v) is 8.99. The number of ether oxygens (including phenoxy) is 1. The van der Waals surface area contributed by atoms with Crippen LogP contribution in [0, 0.1) is 18.3 Å². The van der Waals surface area contributed by atoms with Crippen LogP contribution in [0.5, 0.6) is 0 Å².